The van der Waals surface area contributed by atoms with Crippen molar-refractivity contribution in [3.63, 3.8) is 0 Å². The van der Waals surface area contributed by atoms with Gasteiger partial charge in [-0.1, -0.05) is 5.16 Å². The second-order valence-corrected chi connectivity index (χ2v) is 5.74. The zero-order chi connectivity index (χ0) is 17.3. The molecule has 0 aliphatic carbocycles. The summed E-state index contributed by atoms with van der Waals surface area (Å²) in [7, 11) is 0. The molecule has 0 bridgehead atoms. The molecule has 1 atom stereocenters. The van der Waals surface area contributed by atoms with Gasteiger partial charge in [-0.15, -0.1) is 0 Å². The topological polar surface area (TPSA) is 98.2 Å². The van der Waals surface area contributed by atoms with Crippen LogP contribution in [0, 0.1) is 13.8 Å². The highest BCUT2D eigenvalue weighted by atomic mass is 16.5. The highest BCUT2D eigenvalue weighted by molar-refractivity contribution is 6.06. The molecule has 7 heteroatoms. The summed E-state index contributed by atoms with van der Waals surface area (Å²) in [6, 6.07) is 4.59. The van der Waals surface area contributed by atoms with Gasteiger partial charge in [-0.2, -0.15) is 0 Å². The first kappa shape index (κ1) is 15.9. The number of Topliss-reactive ketones (excluding diaryl/α,β-unsaturated/α-hetero) is 1. The lowest BCUT2D eigenvalue weighted by atomic mass is 10.1. The second-order valence-electron chi connectivity index (χ2n) is 5.74. The van der Waals surface area contributed by atoms with E-state index in [1.54, 1.807) is 39.0 Å². The molecule has 0 spiro atoms. The normalized spacial score (nSPS) is 12.3. The third-order valence-electron chi connectivity index (χ3n) is 3.65. The summed E-state index contributed by atoms with van der Waals surface area (Å²) in [6.07, 6.45) is 1.59. The Morgan fingerprint density at radius 3 is 2.83 bits per heavy atom. The molecule has 3 heterocycles. The number of carbonyl (C=O) groups is 2. The molecule has 0 aliphatic rings. The van der Waals surface area contributed by atoms with Crippen molar-refractivity contribution in [1.82, 2.24) is 15.5 Å². The molecule has 1 N–H and O–H groups in total. The molecule has 0 fully saturated rings. The van der Waals surface area contributed by atoms with Gasteiger partial charge in [0.15, 0.2) is 11.5 Å². The maximum absolute atomic E-state index is 12.6. The van der Waals surface area contributed by atoms with Crippen molar-refractivity contribution in [3.8, 4) is 0 Å². The number of hydrogen-bond donors (Lipinski definition) is 1. The minimum Gasteiger partial charge on any atom is -0.461 e. The SMILES string of the molecule is Cc1cc(C(=O)NC(C)CC(=O)c2ccco2)c2c(C)noc2n1. The second kappa shape index (κ2) is 6.27. The van der Waals surface area contributed by atoms with Crippen LogP contribution >= 0.6 is 0 Å². The molecule has 3 aromatic rings. The van der Waals surface area contributed by atoms with Gasteiger partial charge in [0, 0.05) is 18.2 Å². The standard InChI is InChI=1S/C17H17N3O4/c1-9-7-12(15-11(3)20-24-17(15)19-9)16(22)18-10(2)8-13(21)14-5-4-6-23-14/h4-7,10H,8H2,1-3H3,(H,18,22). The van der Waals surface area contributed by atoms with E-state index in [4.69, 9.17) is 8.94 Å². The molecule has 0 saturated carbocycles. The number of fused-ring (bicyclic) bond motifs is 1. The first-order chi connectivity index (χ1) is 11.5. The maximum Gasteiger partial charge on any atom is 0.258 e. The van der Waals surface area contributed by atoms with E-state index in [9.17, 15) is 9.59 Å². The predicted octanol–water partition coefficient (Wildman–Crippen LogP) is 2.82. The Morgan fingerprint density at radius 1 is 1.33 bits per heavy atom. The minimum atomic E-state index is -0.348. The van der Waals surface area contributed by atoms with Gasteiger partial charge in [0.05, 0.1) is 22.9 Å². The van der Waals surface area contributed by atoms with Gasteiger partial charge < -0.3 is 14.3 Å². The zero-order valence-corrected chi connectivity index (χ0v) is 13.6. The van der Waals surface area contributed by atoms with Crippen LogP contribution in [-0.4, -0.2) is 27.9 Å². The van der Waals surface area contributed by atoms with Gasteiger partial charge in [0.25, 0.3) is 11.6 Å². The summed E-state index contributed by atoms with van der Waals surface area (Å²) in [4.78, 5) is 28.9. The van der Waals surface area contributed by atoms with E-state index in [1.165, 1.54) is 6.26 Å². The smallest absolute Gasteiger partial charge is 0.258 e. The Morgan fingerprint density at radius 2 is 2.12 bits per heavy atom. The van der Waals surface area contributed by atoms with Crippen molar-refractivity contribution in [2.45, 2.75) is 33.2 Å². The summed E-state index contributed by atoms with van der Waals surface area (Å²) >= 11 is 0. The number of furan rings is 1. The first-order valence-corrected chi connectivity index (χ1v) is 7.57. The quantitative estimate of drug-likeness (QED) is 0.724. The fourth-order valence-corrected chi connectivity index (χ4v) is 2.57. The lowest BCUT2D eigenvalue weighted by molar-refractivity contribution is 0.0908. The van der Waals surface area contributed by atoms with Gasteiger partial charge in [-0.25, -0.2) is 4.98 Å². The van der Waals surface area contributed by atoms with Gasteiger partial charge >= 0.3 is 0 Å². The van der Waals surface area contributed by atoms with Crippen LogP contribution in [0.4, 0.5) is 0 Å². The molecular formula is C17H17N3O4. The number of rotatable bonds is 5. The fourth-order valence-electron chi connectivity index (χ4n) is 2.57. The summed E-state index contributed by atoms with van der Waals surface area (Å²) in [6.45, 7) is 5.30. The molecule has 3 aromatic heterocycles. The number of aryl methyl sites for hydroxylation is 2. The lowest BCUT2D eigenvalue weighted by Gasteiger charge is -2.13. The van der Waals surface area contributed by atoms with E-state index >= 15 is 0 Å². The number of pyridine rings is 1. The Hall–Kier alpha value is -2.96. The summed E-state index contributed by atoms with van der Waals surface area (Å²) in [5.74, 6) is -0.172. The van der Waals surface area contributed by atoms with Crippen LogP contribution in [0.2, 0.25) is 0 Å². The van der Waals surface area contributed by atoms with E-state index in [0.29, 0.717) is 28.1 Å². The van der Waals surface area contributed by atoms with Crippen LogP contribution in [0.15, 0.2) is 33.4 Å². The Bertz CT molecular complexity index is 896. The molecule has 7 nitrogen and oxygen atoms in total. The van der Waals surface area contributed by atoms with E-state index in [0.717, 1.165) is 0 Å². The first-order valence-electron chi connectivity index (χ1n) is 7.57. The van der Waals surface area contributed by atoms with Gasteiger partial charge in [0.1, 0.15) is 0 Å². The van der Waals surface area contributed by atoms with Crippen LogP contribution in [0.25, 0.3) is 11.1 Å². The van der Waals surface area contributed by atoms with E-state index in [1.807, 2.05) is 0 Å². The van der Waals surface area contributed by atoms with Crippen molar-refractivity contribution in [2.24, 2.45) is 0 Å². The third kappa shape index (κ3) is 3.05. The number of aromatic nitrogens is 2. The summed E-state index contributed by atoms with van der Waals surface area (Å²) < 4.78 is 10.2. The average molecular weight is 327 g/mol. The van der Waals surface area contributed by atoms with Crippen molar-refractivity contribution in [2.75, 3.05) is 0 Å². The van der Waals surface area contributed by atoms with E-state index in [2.05, 4.69) is 15.5 Å². The Balaban J connectivity index is 1.77. The zero-order valence-electron chi connectivity index (χ0n) is 13.6. The molecule has 124 valence electrons. The molecule has 0 radical (unpaired) electrons. The van der Waals surface area contributed by atoms with Gasteiger partial charge in [-0.05, 0) is 39.0 Å². The molecule has 24 heavy (non-hydrogen) atoms. The van der Waals surface area contributed by atoms with Crippen LogP contribution in [0.3, 0.4) is 0 Å². The number of nitrogens with one attached hydrogen (secondary N) is 1. The largest absolute Gasteiger partial charge is 0.461 e. The highest BCUT2D eigenvalue weighted by Crippen LogP contribution is 2.22. The monoisotopic (exact) mass is 327 g/mol. The number of carbonyl (C=O) groups excluding carboxylic acids is 2. The molecule has 3 rings (SSSR count). The number of nitrogens with zero attached hydrogens (tertiary/aromatic N) is 2. The summed E-state index contributed by atoms with van der Waals surface area (Å²) in [5.41, 5.74) is 2.02. The lowest BCUT2D eigenvalue weighted by Crippen LogP contribution is -2.34. The Kier molecular flexibility index (Phi) is 4.16. The maximum atomic E-state index is 12.6. The van der Waals surface area contributed by atoms with Crippen LogP contribution in [0.5, 0.6) is 0 Å². The molecule has 0 aliphatic heterocycles. The fraction of sp³-hybridized carbons (Fsp3) is 0.294. The van der Waals surface area contributed by atoms with Crippen molar-refractivity contribution < 1.29 is 18.5 Å². The van der Waals surface area contributed by atoms with Crippen molar-refractivity contribution >= 4 is 22.8 Å². The number of ketones is 1. The average Bonchev–Trinajstić information content (AvgIpc) is 3.16. The molecule has 0 aromatic carbocycles. The van der Waals surface area contributed by atoms with E-state index < -0.39 is 0 Å². The molecule has 1 amide bonds. The Labute approximate surface area is 138 Å². The number of hydrogen-bond acceptors (Lipinski definition) is 6. The molecule has 1 unspecified atom stereocenters. The highest BCUT2D eigenvalue weighted by Gasteiger charge is 2.20. The molecule has 0 saturated heterocycles. The van der Waals surface area contributed by atoms with Crippen LogP contribution in [0.1, 0.15) is 45.6 Å². The summed E-state index contributed by atoms with van der Waals surface area (Å²) in [5, 5.41) is 7.27. The number of amides is 1. The van der Waals surface area contributed by atoms with Gasteiger partial charge in [-0.3, -0.25) is 9.59 Å². The van der Waals surface area contributed by atoms with E-state index in [-0.39, 0.29) is 29.9 Å². The molecular weight excluding hydrogens is 310 g/mol. The van der Waals surface area contributed by atoms with Crippen molar-refractivity contribution in [3.05, 3.63) is 47.2 Å². The van der Waals surface area contributed by atoms with Crippen LogP contribution < -0.4 is 5.32 Å². The van der Waals surface area contributed by atoms with Gasteiger partial charge in [0.2, 0.25) is 0 Å². The van der Waals surface area contributed by atoms with Crippen molar-refractivity contribution in [1.29, 1.82) is 0 Å². The minimum absolute atomic E-state index is 0.148. The predicted molar refractivity (Wildman–Crippen MR) is 85.9 cm³/mol. The third-order valence-corrected chi connectivity index (χ3v) is 3.65. The van der Waals surface area contributed by atoms with Crippen LogP contribution in [-0.2, 0) is 0 Å².